The van der Waals surface area contributed by atoms with E-state index in [1.54, 1.807) is 31.2 Å². The van der Waals surface area contributed by atoms with Gasteiger partial charge in [-0.15, -0.1) is 0 Å². The Morgan fingerprint density at radius 1 is 1.21 bits per heavy atom. The predicted molar refractivity (Wildman–Crippen MR) is 93.7 cm³/mol. The van der Waals surface area contributed by atoms with Crippen molar-refractivity contribution >= 4 is 11.6 Å². The molecule has 124 valence electrons. The van der Waals surface area contributed by atoms with Crippen molar-refractivity contribution in [2.75, 3.05) is 19.4 Å². The number of carbonyl (C=O) groups excluding carboxylic acids is 1. The standard InChI is InChI=1S/C19H21N3O2/c1-14(24-18-11-7-5-8-15(18)12-20)19(23)21-17-10-6-4-9-16(17)13-22(2)3/h4-11,14H,13H2,1-3H3,(H,21,23). The van der Waals surface area contributed by atoms with E-state index < -0.39 is 6.10 Å². The van der Waals surface area contributed by atoms with Crippen molar-refractivity contribution in [3.05, 3.63) is 59.7 Å². The number of hydrogen-bond donors (Lipinski definition) is 1. The number of nitrogens with zero attached hydrogens (tertiary/aromatic N) is 2. The van der Waals surface area contributed by atoms with E-state index in [1.807, 2.05) is 43.3 Å². The molecule has 0 heterocycles. The fraction of sp³-hybridized carbons (Fsp3) is 0.263. The van der Waals surface area contributed by atoms with Gasteiger partial charge in [0.1, 0.15) is 11.8 Å². The van der Waals surface area contributed by atoms with E-state index in [-0.39, 0.29) is 5.91 Å². The van der Waals surface area contributed by atoms with Crippen molar-refractivity contribution in [1.82, 2.24) is 4.90 Å². The van der Waals surface area contributed by atoms with Crippen LogP contribution in [0.1, 0.15) is 18.1 Å². The number of nitriles is 1. The van der Waals surface area contributed by atoms with Crippen molar-refractivity contribution in [2.45, 2.75) is 19.6 Å². The quantitative estimate of drug-likeness (QED) is 0.887. The SMILES string of the molecule is CC(Oc1ccccc1C#N)C(=O)Nc1ccccc1CN(C)C. The fourth-order valence-corrected chi connectivity index (χ4v) is 2.26. The lowest BCUT2D eigenvalue weighted by Gasteiger charge is -2.18. The van der Waals surface area contributed by atoms with Crippen LogP contribution >= 0.6 is 0 Å². The zero-order valence-corrected chi connectivity index (χ0v) is 14.1. The molecule has 5 nitrogen and oxygen atoms in total. The van der Waals surface area contributed by atoms with Crippen LogP contribution in [0.15, 0.2) is 48.5 Å². The van der Waals surface area contributed by atoms with Crippen LogP contribution < -0.4 is 10.1 Å². The zero-order chi connectivity index (χ0) is 17.5. The van der Waals surface area contributed by atoms with Crippen molar-refractivity contribution in [3.8, 4) is 11.8 Å². The minimum atomic E-state index is -0.716. The minimum Gasteiger partial charge on any atom is -0.480 e. The van der Waals surface area contributed by atoms with Gasteiger partial charge in [0, 0.05) is 12.2 Å². The number of rotatable bonds is 6. The number of para-hydroxylation sites is 2. The van der Waals surface area contributed by atoms with Crippen LogP contribution in [-0.4, -0.2) is 31.0 Å². The third kappa shape index (κ3) is 4.58. The van der Waals surface area contributed by atoms with Crippen LogP contribution in [0.3, 0.4) is 0 Å². The Labute approximate surface area is 142 Å². The summed E-state index contributed by atoms with van der Waals surface area (Å²) in [7, 11) is 3.95. The lowest BCUT2D eigenvalue weighted by atomic mass is 10.1. The third-order valence-electron chi connectivity index (χ3n) is 3.44. The van der Waals surface area contributed by atoms with Crippen LogP contribution in [0, 0.1) is 11.3 Å². The molecule has 0 aliphatic carbocycles. The molecule has 2 aromatic rings. The van der Waals surface area contributed by atoms with Gasteiger partial charge in [0.2, 0.25) is 0 Å². The molecule has 0 bridgehead atoms. The maximum atomic E-state index is 12.4. The molecule has 1 amide bonds. The second-order valence-electron chi connectivity index (χ2n) is 5.75. The summed E-state index contributed by atoms with van der Waals surface area (Å²) in [4.78, 5) is 14.5. The molecule has 0 aliphatic rings. The maximum Gasteiger partial charge on any atom is 0.265 e. The van der Waals surface area contributed by atoms with E-state index in [4.69, 9.17) is 10.00 Å². The first-order valence-corrected chi connectivity index (χ1v) is 7.70. The summed E-state index contributed by atoms with van der Waals surface area (Å²) in [5.74, 6) is 0.151. The molecule has 1 atom stereocenters. The fourth-order valence-electron chi connectivity index (χ4n) is 2.26. The van der Waals surface area contributed by atoms with Crippen molar-refractivity contribution in [1.29, 1.82) is 5.26 Å². The predicted octanol–water partition coefficient (Wildman–Crippen LogP) is 3.03. The van der Waals surface area contributed by atoms with Gasteiger partial charge in [-0.25, -0.2) is 0 Å². The molecule has 0 aromatic heterocycles. The average Bonchev–Trinajstić information content (AvgIpc) is 2.56. The topological polar surface area (TPSA) is 65.4 Å². The van der Waals surface area contributed by atoms with Crippen molar-refractivity contribution in [3.63, 3.8) is 0 Å². The highest BCUT2D eigenvalue weighted by Gasteiger charge is 2.17. The summed E-state index contributed by atoms with van der Waals surface area (Å²) >= 11 is 0. The Balaban J connectivity index is 2.09. The summed E-state index contributed by atoms with van der Waals surface area (Å²) in [6, 6.07) is 16.6. The smallest absolute Gasteiger partial charge is 0.265 e. The van der Waals surface area contributed by atoms with E-state index in [9.17, 15) is 4.79 Å². The molecule has 2 rings (SSSR count). The molecule has 24 heavy (non-hydrogen) atoms. The van der Waals surface area contributed by atoms with Crippen LogP contribution in [0.4, 0.5) is 5.69 Å². The van der Waals surface area contributed by atoms with Gasteiger partial charge in [0.15, 0.2) is 6.10 Å². The van der Waals surface area contributed by atoms with Crippen LogP contribution in [0.5, 0.6) is 5.75 Å². The highest BCUT2D eigenvalue weighted by molar-refractivity contribution is 5.94. The number of hydrogen-bond acceptors (Lipinski definition) is 4. The van der Waals surface area contributed by atoms with Crippen molar-refractivity contribution in [2.24, 2.45) is 0 Å². The van der Waals surface area contributed by atoms with Gasteiger partial charge < -0.3 is 15.0 Å². The van der Waals surface area contributed by atoms with Gasteiger partial charge in [0.25, 0.3) is 5.91 Å². The Kier molecular flexibility index (Phi) is 5.94. The van der Waals surface area contributed by atoms with E-state index >= 15 is 0 Å². The second-order valence-corrected chi connectivity index (χ2v) is 5.75. The first kappa shape index (κ1) is 17.5. The van der Waals surface area contributed by atoms with E-state index in [1.165, 1.54) is 0 Å². The Hall–Kier alpha value is -2.84. The van der Waals surface area contributed by atoms with Crippen LogP contribution in [0.2, 0.25) is 0 Å². The van der Waals surface area contributed by atoms with Crippen LogP contribution in [0.25, 0.3) is 0 Å². The molecular formula is C19H21N3O2. The summed E-state index contributed by atoms with van der Waals surface area (Å²) in [5.41, 5.74) is 2.20. The lowest BCUT2D eigenvalue weighted by molar-refractivity contribution is -0.122. The normalized spacial score (nSPS) is 11.6. The number of benzene rings is 2. The molecule has 0 radical (unpaired) electrons. The molecule has 1 N–H and O–H groups in total. The number of nitrogens with one attached hydrogen (secondary N) is 1. The molecule has 1 unspecified atom stereocenters. The first-order valence-electron chi connectivity index (χ1n) is 7.70. The number of ether oxygens (including phenoxy) is 1. The van der Waals surface area contributed by atoms with Gasteiger partial charge in [-0.05, 0) is 44.8 Å². The molecular weight excluding hydrogens is 302 g/mol. The van der Waals surface area contributed by atoms with E-state index in [2.05, 4.69) is 11.4 Å². The third-order valence-corrected chi connectivity index (χ3v) is 3.44. The molecule has 5 heteroatoms. The monoisotopic (exact) mass is 323 g/mol. The number of amides is 1. The van der Waals surface area contributed by atoms with Gasteiger partial charge >= 0.3 is 0 Å². The van der Waals surface area contributed by atoms with E-state index in [0.29, 0.717) is 11.3 Å². The Bertz CT molecular complexity index is 750. The molecule has 0 saturated heterocycles. The summed E-state index contributed by atoms with van der Waals surface area (Å²) in [5, 5.41) is 12.0. The largest absolute Gasteiger partial charge is 0.480 e. The van der Waals surface area contributed by atoms with Gasteiger partial charge in [0.05, 0.1) is 5.56 Å². The molecule has 0 spiro atoms. The van der Waals surface area contributed by atoms with Gasteiger partial charge in [-0.2, -0.15) is 5.26 Å². The highest BCUT2D eigenvalue weighted by Crippen LogP contribution is 2.20. The van der Waals surface area contributed by atoms with Crippen molar-refractivity contribution < 1.29 is 9.53 Å². The average molecular weight is 323 g/mol. The van der Waals surface area contributed by atoms with Gasteiger partial charge in [-0.3, -0.25) is 4.79 Å². The highest BCUT2D eigenvalue weighted by atomic mass is 16.5. The first-order chi connectivity index (χ1) is 11.5. The Morgan fingerprint density at radius 3 is 2.58 bits per heavy atom. The van der Waals surface area contributed by atoms with E-state index in [0.717, 1.165) is 17.8 Å². The summed E-state index contributed by atoms with van der Waals surface area (Å²) in [6.07, 6.45) is -0.716. The second kappa shape index (κ2) is 8.14. The maximum absolute atomic E-state index is 12.4. The lowest BCUT2D eigenvalue weighted by Crippen LogP contribution is -2.31. The summed E-state index contributed by atoms with van der Waals surface area (Å²) in [6.45, 7) is 2.39. The van der Waals surface area contributed by atoms with Gasteiger partial charge in [-0.1, -0.05) is 30.3 Å². The number of carbonyl (C=O) groups is 1. The molecule has 0 aliphatic heterocycles. The van der Waals surface area contributed by atoms with Crippen LogP contribution in [-0.2, 0) is 11.3 Å². The molecule has 0 fully saturated rings. The zero-order valence-electron chi connectivity index (χ0n) is 14.1. The molecule has 0 saturated carbocycles. The minimum absolute atomic E-state index is 0.256. The summed E-state index contributed by atoms with van der Waals surface area (Å²) < 4.78 is 5.65. The number of anilines is 1. The Morgan fingerprint density at radius 2 is 1.88 bits per heavy atom. The molecule has 2 aromatic carbocycles.